The fraction of sp³-hybridized carbons (Fsp3) is 0.938. The molecule has 1 aliphatic heterocycles. The topological polar surface area (TPSA) is 48.9 Å². The van der Waals surface area contributed by atoms with E-state index < -0.39 is 0 Å². The van der Waals surface area contributed by atoms with Gasteiger partial charge in [-0.05, 0) is 52.1 Å². The molecular weight excluding hydrogens is 391 g/mol. The Labute approximate surface area is 153 Å². The van der Waals surface area contributed by atoms with Crippen molar-refractivity contribution < 1.29 is 4.74 Å². The highest BCUT2D eigenvalue weighted by molar-refractivity contribution is 14.0. The van der Waals surface area contributed by atoms with Crippen LogP contribution in [-0.4, -0.2) is 63.8 Å². The Bertz CT molecular complexity index is 271. The third-order valence-electron chi connectivity index (χ3n) is 3.79. The summed E-state index contributed by atoms with van der Waals surface area (Å²) in [5.41, 5.74) is 0. The molecule has 6 heteroatoms. The number of ether oxygens (including phenoxy) is 1. The number of unbranched alkanes of at least 4 members (excludes halogenated alkanes) is 2. The molecule has 1 rings (SSSR count). The minimum Gasteiger partial charge on any atom is -0.385 e. The van der Waals surface area contributed by atoms with Gasteiger partial charge >= 0.3 is 0 Å². The summed E-state index contributed by atoms with van der Waals surface area (Å²) in [6, 6.07) is 0. The Balaban J connectivity index is 0.00000441. The smallest absolute Gasteiger partial charge is 0.191 e. The van der Waals surface area contributed by atoms with Gasteiger partial charge in [-0.25, -0.2) is 0 Å². The van der Waals surface area contributed by atoms with E-state index in [9.17, 15) is 0 Å². The molecule has 0 aromatic rings. The molecule has 0 aromatic carbocycles. The van der Waals surface area contributed by atoms with E-state index in [2.05, 4.69) is 27.4 Å². The van der Waals surface area contributed by atoms with Crippen LogP contribution in [0.4, 0.5) is 0 Å². The van der Waals surface area contributed by atoms with Gasteiger partial charge in [0.2, 0.25) is 0 Å². The van der Waals surface area contributed by atoms with E-state index in [1.54, 1.807) is 7.11 Å². The fourth-order valence-electron chi connectivity index (χ4n) is 2.58. The Morgan fingerprint density at radius 3 is 2.55 bits per heavy atom. The van der Waals surface area contributed by atoms with E-state index in [1.165, 1.54) is 38.8 Å². The number of hydrogen-bond acceptors (Lipinski definition) is 3. The molecule has 0 atom stereocenters. The molecule has 0 bridgehead atoms. The first-order chi connectivity index (χ1) is 10.4. The van der Waals surface area contributed by atoms with Crippen LogP contribution in [0, 0.1) is 0 Å². The maximum Gasteiger partial charge on any atom is 0.191 e. The van der Waals surface area contributed by atoms with Gasteiger partial charge in [0.1, 0.15) is 0 Å². The molecule has 2 N–H and O–H groups in total. The summed E-state index contributed by atoms with van der Waals surface area (Å²) in [7, 11) is 1.76. The standard InChI is InChI=1S/C16H34N4O.HI/c1-3-17-16(18-10-6-4-9-15-21-2)19-11-14-20-12-7-5-8-13-20;/h3-15H2,1-2H3,(H2,17,18,19);1H. The van der Waals surface area contributed by atoms with E-state index in [0.717, 1.165) is 51.6 Å². The van der Waals surface area contributed by atoms with Crippen LogP contribution in [0.25, 0.3) is 0 Å². The van der Waals surface area contributed by atoms with Gasteiger partial charge in [0.05, 0.1) is 0 Å². The van der Waals surface area contributed by atoms with Crippen LogP contribution in [-0.2, 0) is 4.74 Å². The molecule has 5 nitrogen and oxygen atoms in total. The monoisotopic (exact) mass is 426 g/mol. The van der Waals surface area contributed by atoms with Gasteiger partial charge < -0.3 is 20.3 Å². The number of nitrogens with one attached hydrogen (secondary N) is 2. The summed E-state index contributed by atoms with van der Waals surface area (Å²) >= 11 is 0. The lowest BCUT2D eigenvalue weighted by Crippen LogP contribution is -2.42. The van der Waals surface area contributed by atoms with E-state index >= 15 is 0 Å². The molecule has 0 radical (unpaired) electrons. The number of halogens is 1. The second-order valence-corrected chi connectivity index (χ2v) is 5.64. The number of hydrogen-bond donors (Lipinski definition) is 2. The summed E-state index contributed by atoms with van der Waals surface area (Å²) in [6.07, 6.45) is 7.56. The van der Waals surface area contributed by atoms with Crippen molar-refractivity contribution in [2.24, 2.45) is 4.99 Å². The minimum absolute atomic E-state index is 0. The number of nitrogens with zero attached hydrogens (tertiary/aromatic N) is 2. The van der Waals surface area contributed by atoms with Crippen LogP contribution in [0.15, 0.2) is 4.99 Å². The minimum atomic E-state index is 0. The van der Waals surface area contributed by atoms with Crippen LogP contribution < -0.4 is 10.6 Å². The fourth-order valence-corrected chi connectivity index (χ4v) is 2.58. The summed E-state index contributed by atoms with van der Waals surface area (Å²) < 4.78 is 5.05. The van der Waals surface area contributed by atoms with Crippen LogP contribution in [0.5, 0.6) is 0 Å². The van der Waals surface area contributed by atoms with Gasteiger partial charge in [-0.3, -0.25) is 4.99 Å². The SMILES string of the molecule is CCNC(=NCCCCCOC)NCCN1CCCCC1.I. The molecule has 0 amide bonds. The summed E-state index contributed by atoms with van der Waals surface area (Å²) in [4.78, 5) is 7.18. The van der Waals surface area contributed by atoms with Crippen molar-refractivity contribution in [3.05, 3.63) is 0 Å². The second-order valence-electron chi connectivity index (χ2n) is 5.64. The van der Waals surface area contributed by atoms with Crippen molar-refractivity contribution >= 4 is 29.9 Å². The van der Waals surface area contributed by atoms with E-state index in [-0.39, 0.29) is 24.0 Å². The number of rotatable bonds is 10. The second kappa shape index (κ2) is 15.8. The molecule has 0 saturated carbocycles. The molecule has 1 fully saturated rings. The molecule has 1 heterocycles. The van der Waals surface area contributed by atoms with E-state index in [0.29, 0.717) is 0 Å². The van der Waals surface area contributed by atoms with E-state index in [4.69, 9.17) is 4.74 Å². The average molecular weight is 426 g/mol. The zero-order valence-electron chi connectivity index (χ0n) is 14.4. The van der Waals surface area contributed by atoms with Crippen molar-refractivity contribution in [3.63, 3.8) is 0 Å². The van der Waals surface area contributed by atoms with Gasteiger partial charge in [0, 0.05) is 39.9 Å². The highest BCUT2D eigenvalue weighted by Gasteiger charge is 2.09. The molecular formula is C16H35IN4O. The molecule has 1 saturated heterocycles. The lowest BCUT2D eigenvalue weighted by atomic mass is 10.1. The number of likely N-dealkylation sites (tertiary alicyclic amines) is 1. The Hall–Kier alpha value is -0.0800. The first-order valence-corrected chi connectivity index (χ1v) is 8.60. The normalized spacial score (nSPS) is 16.2. The molecule has 0 unspecified atom stereocenters. The van der Waals surface area contributed by atoms with Gasteiger partial charge in [-0.1, -0.05) is 6.42 Å². The molecule has 0 aromatic heterocycles. The third-order valence-corrected chi connectivity index (χ3v) is 3.79. The highest BCUT2D eigenvalue weighted by Crippen LogP contribution is 2.07. The van der Waals surface area contributed by atoms with Gasteiger partial charge in [-0.2, -0.15) is 0 Å². The predicted molar refractivity (Wildman–Crippen MR) is 105 cm³/mol. The van der Waals surface area contributed by atoms with Crippen molar-refractivity contribution in [1.82, 2.24) is 15.5 Å². The number of methoxy groups -OCH3 is 1. The van der Waals surface area contributed by atoms with Crippen molar-refractivity contribution in [1.29, 1.82) is 0 Å². The molecule has 132 valence electrons. The molecule has 0 aliphatic carbocycles. The molecule has 1 aliphatic rings. The Morgan fingerprint density at radius 1 is 1.09 bits per heavy atom. The number of piperidine rings is 1. The Kier molecular flexibility index (Phi) is 15.7. The zero-order chi connectivity index (χ0) is 15.2. The lowest BCUT2D eigenvalue weighted by molar-refractivity contribution is 0.192. The van der Waals surface area contributed by atoms with Crippen LogP contribution in [0.3, 0.4) is 0 Å². The van der Waals surface area contributed by atoms with Crippen LogP contribution in [0.2, 0.25) is 0 Å². The van der Waals surface area contributed by atoms with Gasteiger partial charge in [0.25, 0.3) is 0 Å². The first kappa shape index (κ1) is 21.9. The highest BCUT2D eigenvalue weighted by atomic mass is 127. The summed E-state index contributed by atoms with van der Waals surface area (Å²) in [6.45, 7) is 9.40. The van der Waals surface area contributed by atoms with E-state index in [1.807, 2.05) is 0 Å². The maximum atomic E-state index is 5.05. The maximum absolute atomic E-state index is 5.05. The molecule has 22 heavy (non-hydrogen) atoms. The van der Waals surface area contributed by atoms with Crippen molar-refractivity contribution in [3.8, 4) is 0 Å². The van der Waals surface area contributed by atoms with Gasteiger partial charge in [-0.15, -0.1) is 24.0 Å². The van der Waals surface area contributed by atoms with Crippen LogP contribution >= 0.6 is 24.0 Å². The lowest BCUT2D eigenvalue weighted by Gasteiger charge is -2.26. The predicted octanol–water partition coefficient (Wildman–Crippen LogP) is 2.46. The quantitative estimate of drug-likeness (QED) is 0.244. The average Bonchev–Trinajstić information content (AvgIpc) is 2.51. The van der Waals surface area contributed by atoms with Crippen molar-refractivity contribution in [2.75, 3.05) is 53.0 Å². The number of aliphatic imine (C=N–C) groups is 1. The largest absolute Gasteiger partial charge is 0.385 e. The summed E-state index contributed by atoms with van der Waals surface area (Å²) in [5.74, 6) is 0.959. The van der Waals surface area contributed by atoms with Crippen LogP contribution in [0.1, 0.15) is 45.4 Å². The Morgan fingerprint density at radius 2 is 1.86 bits per heavy atom. The van der Waals surface area contributed by atoms with Gasteiger partial charge in [0.15, 0.2) is 5.96 Å². The van der Waals surface area contributed by atoms with Crippen molar-refractivity contribution in [2.45, 2.75) is 45.4 Å². The first-order valence-electron chi connectivity index (χ1n) is 8.60. The number of guanidine groups is 1. The third kappa shape index (κ3) is 11.5. The molecule has 0 spiro atoms. The zero-order valence-corrected chi connectivity index (χ0v) is 16.7. The summed E-state index contributed by atoms with van der Waals surface area (Å²) in [5, 5.41) is 6.76.